The van der Waals surface area contributed by atoms with Crippen LogP contribution < -0.4 is 24.4 Å². The topological polar surface area (TPSA) is 57.8 Å². The SMILES string of the molecule is CCn1cc(C=c2sc3n(c2=O)[C@@H](c2cccc(OC)c2OC)C2=C(N=3)c3ccccc3CC2)c2ccccc21. The first-order chi connectivity index (χ1) is 19.6. The smallest absolute Gasteiger partial charge is 0.271 e. The Hall–Kier alpha value is -4.36. The maximum absolute atomic E-state index is 14.3. The first-order valence-corrected chi connectivity index (χ1v) is 14.4. The number of benzene rings is 3. The number of hydrogen-bond donors (Lipinski definition) is 0. The van der Waals surface area contributed by atoms with Crippen LogP contribution in [0, 0.1) is 0 Å². The van der Waals surface area contributed by atoms with Gasteiger partial charge in [0, 0.05) is 40.3 Å². The lowest BCUT2D eigenvalue weighted by Gasteiger charge is -2.31. The lowest BCUT2D eigenvalue weighted by Crippen LogP contribution is -2.39. The molecule has 1 atom stereocenters. The molecule has 0 saturated heterocycles. The molecule has 2 aromatic heterocycles. The predicted octanol–water partition coefficient (Wildman–Crippen LogP) is 5.31. The zero-order chi connectivity index (χ0) is 27.4. The molecule has 3 heterocycles. The van der Waals surface area contributed by atoms with Gasteiger partial charge in [0.2, 0.25) is 0 Å². The van der Waals surface area contributed by atoms with Gasteiger partial charge in [0.25, 0.3) is 5.56 Å². The Bertz CT molecular complexity index is 2010. The Morgan fingerprint density at radius 3 is 2.65 bits per heavy atom. The van der Waals surface area contributed by atoms with Crippen molar-refractivity contribution in [3.05, 3.63) is 120 Å². The van der Waals surface area contributed by atoms with Crippen molar-refractivity contribution in [2.45, 2.75) is 32.4 Å². The number of methoxy groups -OCH3 is 2. The summed E-state index contributed by atoms with van der Waals surface area (Å²) in [5.74, 6) is 1.29. The van der Waals surface area contributed by atoms with Crippen molar-refractivity contribution < 1.29 is 9.47 Å². The molecule has 1 aliphatic heterocycles. The van der Waals surface area contributed by atoms with E-state index in [4.69, 9.17) is 14.5 Å². The van der Waals surface area contributed by atoms with Gasteiger partial charge in [-0.25, -0.2) is 4.99 Å². The van der Waals surface area contributed by atoms with Crippen LogP contribution >= 0.6 is 11.3 Å². The van der Waals surface area contributed by atoms with Crippen molar-refractivity contribution in [1.82, 2.24) is 9.13 Å². The van der Waals surface area contributed by atoms with Gasteiger partial charge in [-0.15, -0.1) is 0 Å². The molecule has 0 amide bonds. The zero-order valence-electron chi connectivity index (χ0n) is 22.7. The van der Waals surface area contributed by atoms with Gasteiger partial charge in [0.05, 0.1) is 30.5 Å². The van der Waals surface area contributed by atoms with Crippen molar-refractivity contribution in [2.24, 2.45) is 4.99 Å². The molecule has 0 radical (unpaired) electrons. The summed E-state index contributed by atoms with van der Waals surface area (Å²) in [6.45, 7) is 2.99. The van der Waals surface area contributed by atoms with E-state index >= 15 is 0 Å². The van der Waals surface area contributed by atoms with Crippen LogP contribution in [0.4, 0.5) is 0 Å². The molecule has 2 aliphatic rings. The van der Waals surface area contributed by atoms with Crippen LogP contribution in [-0.4, -0.2) is 23.4 Å². The number of aryl methyl sites for hydroxylation is 2. The molecule has 200 valence electrons. The average Bonchev–Trinajstić information content (AvgIpc) is 3.52. The van der Waals surface area contributed by atoms with Gasteiger partial charge < -0.3 is 14.0 Å². The Morgan fingerprint density at radius 1 is 1.00 bits per heavy atom. The second-order valence-electron chi connectivity index (χ2n) is 10.1. The van der Waals surface area contributed by atoms with Crippen LogP contribution in [0.2, 0.25) is 0 Å². The molecular weight excluding hydrogens is 518 g/mol. The van der Waals surface area contributed by atoms with Gasteiger partial charge in [-0.05, 0) is 49.1 Å². The number of fused-ring (bicyclic) bond motifs is 4. The van der Waals surface area contributed by atoms with E-state index in [1.165, 1.54) is 16.9 Å². The predicted molar refractivity (Wildman–Crippen MR) is 160 cm³/mol. The van der Waals surface area contributed by atoms with Gasteiger partial charge in [-0.3, -0.25) is 9.36 Å². The van der Waals surface area contributed by atoms with Gasteiger partial charge in [0.1, 0.15) is 0 Å². The minimum Gasteiger partial charge on any atom is -0.493 e. The molecule has 0 spiro atoms. The summed E-state index contributed by atoms with van der Waals surface area (Å²) >= 11 is 1.45. The van der Waals surface area contributed by atoms with E-state index in [0.717, 1.165) is 58.2 Å². The fourth-order valence-corrected chi connectivity index (χ4v) is 7.21. The van der Waals surface area contributed by atoms with Gasteiger partial charge in [-0.1, -0.05) is 65.9 Å². The van der Waals surface area contributed by atoms with E-state index in [1.54, 1.807) is 14.2 Å². The van der Waals surface area contributed by atoms with E-state index < -0.39 is 0 Å². The second kappa shape index (κ2) is 9.68. The molecule has 7 heteroatoms. The van der Waals surface area contributed by atoms with Crippen LogP contribution in [0.15, 0.2) is 88.3 Å². The Balaban J connectivity index is 1.52. The summed E-state index contributed by atoms with van der Waals surface area (Å²) in [5.41, 5.74) is 7.57. The Labute approximate surface area is 235 Å². The molecule has 6 nitrogen and oxygen atoms in total. The van der Waals surface area contributed by atoms with E-state index in [-0.39, 0.29) is 11.6 Å². The highest BCUT2D eigenvalue weighted by atomic mass is 32.1. The maximum Gasteiger partial charge on any atom is 0.271 e. The Kier molecular flexibility index (Phi) is 5.97. The highest BCUT2D eigenvalue weighted by molar-refractivity contribution is 7.07. The number of thiazole rings is 1. The van der Waals surface area contributed by atoms with Crippen molar-refractivity contribution >= 4 is 34.0 Å². The molecule has 0 N–H and O–H groups in total. The van der Waals surface area contributed by atoms with E-state index in [2.05, 4.69) is 60.2 Å². The van der Waals surface area contributed by atoms with Crippen molar-refractivity contribution in [1.29, 1.82) is 0 Å². The summed E-state index contributed by atoms with van der Waals surface area (Å²) < 4.78 is 16.3. The van der Waals surface area contributed by atoms with Crippen LogP contribution in [0.1, 0.15) is 41.6 Å². The average molecular weight is 548 g/mol. The summed E-state index contributed by atoms with van der Waals surface area (Å²) in [6.07, 6.45) is 5.87. The minimum absolute atomic E-state index is 0.0441. The first-order valence-electron chi connectivity index (χ1n) is 13.5. The van der Waals surface area contributed by atoms with Gasteiger partial charge in [0.15, 0.2) is 16.3 Å². The summed E-state index contributed by atoms with van der Waals surface area (Å²) in [5, 5.41) is 1.13. The van der Waals surface area contributed by atoms with E-state index in [9.17, 15) is 4.79 Å². The van der Waals surface area contributed by atoms with Crippen molar-refractivity contribution in [3.8, 4) is 11.5 Å². The van der Waals surface area contributed by atoms with Crippen LogP contribution in [0.25, 0.3) is 22.7 Å². The monoisotopic (exact) mass is 547 g/mol. The summed E-state index contributed by atoms with van der Waals surface area (Å²) in [4.78, 5) is 20.1. The third kappa shape index (κ3) is 3.68. The summed E-state index contributed by atoms with van der Waals surface area (Å²) in [6, 6.07) is 22.3. The van der Waals surface area contributed by atoms with Gasteiger partial charge >= 0.3 is 0 Å². The lowest BCUT2D eigenvalue weighted by atomic mass is 9.83. The molecule has 3 aromatic carbocycles. The van der Waals surface area contributed by atoms with Crippen LogP contribution in [-0.2, 0) is 13.0 Å². The normalized spacial score (nSPS) is 16.4. The third-order valence-corrected chi connectivity index (χ3v) is 9.03. The molecule has 7 rings (SSSR count). The molecule has 0 fully saturated rings. The molecule has 0 unspecified atom stereocenters. The summed E-state index contributed by atoms with van der Waals surface area (Å²) in [7, 11) is 3.29. The number of rotatable bonds is 5. The quantitative estimate of drug-likeness (QED) is 0.300. The highest BCUT2D eigenvalue weighted by Gasteiger charge is 2.34. The minimum atomic E-state index is -0.344. The van der Waals surface area contributed by atoms with Crippen molar-refractivity contribution in [3.63, 3.8) is 0 Å². The molecule has 5 aromatic rings. The number of hydrogen-bond acceptors (Lipinski definition) is 5. The number of nitrogens with zero attached hydrogens (tertiary/aromatic N) is 3. The van der Waals surface area contributed by atoms with E-state index in [1.807, 2.05) is 34.9 Å². The zero-order valence-corrected chi connectivity index (χ0v) is 23.5. The fourth-order valence-electron chi connectivity index (χ4n) is 6.22. The standard InChI is InChI=1S/C33H29N3O3S/c1-4-35-19-21(22-11-7-8-14-26(22)35)18-28-32(37)36-30(25-13-9-15-27(38-2)31(25)39-3)24-17-16-20-10-5-6-12-23(20)29(24)34-33(36)40-28/h5-15,18-19,30H,4,16-17H2,1-3H3/t30-/m1/s1. The molecule has 0 bridgehead atoms. The number of ether oxygens (including phenoxy) is 2. The van der Waals surface area contributed by atoms with Gasteiger partial charge in [-0.2, -0.15) is 0 Å². The first kappa shape index (κ1) is 24.7. The molecular formula is C33H29N3O3S. The highest BCUT2D eigenvalue weighted by Crippen LogP contribution is 2.45. The van der Waals surface area contributed by atoms with Crippen LogP contribution in [0.5, 0.6) is 11.5 Å². The number of aromatic nitrogens is 2. The lowest BCUT2D eigenvalue weighted by molar-refractivity contribution is 0.348. The molecule has 40 heavy (non-hydrogen) atoms. The van der Waals surface area contributed by atoms with E-state index in [0.29, 0.717) is 20.8 Å². The number of para-hydroxylation sites is 2. The molecule has 0 saturated carbocycles. The van der Waals surface area contributed by atoms with Crippen molar-refractivity contribution in [2.75, 3.05) is 14.2 Å². The third-order valence-electron chi connectivity index (χ3n) is 8.05. The Morgan fingerprint density at radius 2 is 1.82 bits per heavy atom. The fraction of sp³-hybridized carbons (Fsp3) is 0.212. The second-order valence-corrected chi connectivity index (χ2v) is 11.1. The maximum atomic E-state index is 14.3. The molecule has 1 aliphatic carbocycles. The number of allylic oxidation sites excluding steroid dienone is 1. The van der Waals surface area contributed by atoms with Crippen LogP contribution in [0.3, 0.4) is 0 Å². The largest absolute Gasteiger partial charge is 0.493 e.